The van der Waals surface area contributed by atoms with Crippen molar-refractivity contribution in [1.82, 2.24) is 15.2 Å². The Kier molecular flexibility index (Phi) is 7.15. The van der Waals surface area contributed by atoms with Crippen molar-refractivity contribution < 1.29 is 0 Å². The first kappa shape index (κ1) is 15.9. The van der Waals surface area contributed by atoms with Gasteiger partial charge < -0.3 is 5.32 Å². The van der Waals surface area contributed by atoms with Crippen LogP contribution in [-0.2, 0) is 6.54 Å². The molecule has 1 aromatic rings. The predicted octanol–water partition coefficient (Wildman–Crippen LogP) is 2.69. The van der Waals surface area contributed by atoms with Gasteiger partial charge in [0.1, 0.15) is 0 Å². The van der Waals surface area contributed by atoms with Crippen LogP contribution in [-0.4, -0.2) is 36.6 Å². The van der Waals surface area contributed by atoms with E-state index in [4.69, 9.17) is 0 Å². The average Bonchev–Trinajstić information content (AvgIpc) is 2.74. The van der Waals surface area contributed by atoms with Gasteiger partial charge in [-0.1, -0.05) is 0 Å². The quantitative estimate of drug-likeness (QED) is 0.903. The Balaban J connectivity index is 0.00000162. The zero-order valence-electron chi connectivity index (χ0n) is 11.3. The van der Waals surface area contributed by atoms with Gasteiger partial charge in [-0.05, 0) is 58.8 Å². The summed E-state index contributed by atoms with van der Waals surface area (Å²) in [6.07, 6.45) is 6.09. The number of halogens is 1. The Morgan fingerprint density at radius 2 is 2.17 bits per heavy atom. The molecule has 1 saturated heterocycles. The van der Waals surface area contributed by atoms with Crippen molar-refractivity contribution in [3.8, 4) is 0 Å². The molecule has 0 amide bonds. The molecule has 5 heteroatoms. The molecule has 1 N–H and O–H groups in total. The third-order valence-corrected chi connectivity index (χ3v) is 4.46. The predicted molar refractivity (Wildman–Crippen MR) is 80.6 cm³/mol. The number of hydrogen-bond acceptors (Lipinski definition) is 4. The smallest absolute Gasteiger partial charge is 0.0897 e. The van der Waals surface area contributed by atoms with E-state index in [2.05, 4.69) is 22.1 Å². The van der Waals surface area contributed by atoms with Gasteiger partial charge in [-0.3, -0.25) is 4.90 Å². The molecule has 0 bridgehead atoms. The highest BCUT2D eigenvalue weighted by atomic mass is 35.5. The monoisotopic (exact) mass is 289 g/mol. The molecule has 18 heavy (non-hydrogen) atoms. The van der Waals surface area contributed by atoms with Crippen molar-refractivity contribution in [2.24, 2.45) is 5.92 Å². The fourth-order valence-corrected chi connectivity index (χ4v) is 3.32. The fourth-order valence-electron chi connectivity index (χ4n) is 2.48. The van der Waals surface area contributed by atoms with Crippen molar-refractivity contribution in [3.05, 3.63) is 16.1 Å². The molecule has 2 heterocycles. The van der Waals surface area contributed by atoms with Crippen LogP contribution in [0.3, 0.4) is 0 Å². The SMILES string of the molecule is CNCCC1CCN(Cc2cnc(C)s2)CC1.Cl. The number of thiazole rings is 1. The van der Waals surface area contributed by atoms with Crippen LogP contribution in [0.2, 0.25) is 0 Å². The van der Waals surface area contributed by atoms with Gasteiger partial charge in [0.05, 0.1) is 5.01 Å². The lowest BCUT2D eigenvalue weighted by atomic mass is 9.93. The maximum atomic E-state index is 4.32. The molecule has 2 rings (SSSR count). The molecule has 3 nitrogen and oxygen atoms in total. The van der Waals surface area contributed by atoms with Crippen LogP contribution >= 0.6 is 23.7 Å². The molecule has 0 spiro atoms. The van der Waals surface area contributed by atoms with Gasteiger partial charge >= 0.3 is 0 Å². The third-order valence-electron chi connectivity index (χ3n) is 3.56. The second-order valence-electron chi connectivity index (χ2n) is 4.96. The van der Waals surface area contributed by atoms with E-state index in [0.29, 0.717) is 0 Å². The first-order valence-corrected chi connectivity index (χ1v) is 7.38. The molecule has 104 valence electrons. The molecule has 1 aliphatic heterocycles. The summed E-state index contributed by atoms with van der Waals surface area (Å²) in [6, 6.07) is 0. The molecule has 0 aromatic carbocycles. The second-order valence-corrected chi connectivity index (χ2v) is 6.28. The Labute approximate surface area is 120 Å². The highest BCUT2D eigenvalue weighted by molar-refractivity contribution is 7.11. The Morgan fingerprint density at radius 1 is 1.44 bits per heavy atom. The van der Waals surface area contributed by atoms with Gasteiger partial charge in [0.25, 0.3) is 0 Å². The summed E-state index contributed by atoms with van der Waals surface area (Å²) in [5.74, 6) is 0.932. The van der Waals surface area contributed by atoms with E-state index in [9.17, 15) is 0 Å². The summed E-state index contributed by atoms with van der Waals surface area (Å²) >= 11 is 1.83. The van der Waals surface area contributed by atoms with Crippen molar-refractivity contribution in [2.45, 2.75) is 32.7 Å². The van der Waals surface area contributed by atoms with E-state index in [1.807, 2.05) is 24.6 Å². The van der Waals surface area contributed by atoms with E-state index in [1.165, 1.54) is 48.8 Å². The highest BCUT2D eigenvalue weighted by Crippen LogP contribution is 2.22. The Bertz CT molecular complexity index is 335. The first-order valence-electron chi connectivity index (χ1n) is 6.56. The molecule has 0 atom stereocenters. The summed E-state index contributed by atoms with van der Waals surface area (Å²) < 4.78 is 0. The minimum absolute atomic E-state index is 0. The largest absolute Gasteiger partial charge is 0.320 e. The van der Waals surface area contributed by atoms with Gasteiger partial charge in [0, 0.05) is 17.6 Å². The minimum atomic E-state index is 0. The number of nitrogens with one attached hydrogen (secondary N) is 1. The summed E-state index contributed by atoms with van der Waals surface area (Å²) in [4.78, 5) is 8.31. The molecule has 0 aliphatic carbocycles. The lowest BCUT2D eigenvalue weighted by molar-refractivity contribution is 0.173. The van der Waals surface area contributed by atoms with Crippen molar-refractivity contribution in [1.29, 1.82) is 0 Å². The minimum Gasteiger partial charge on any atom is -0.320 e. The van der Waals surface area contributed by atoms with Crippen LogP contribution in [0.4, 0.5) is 0 Å². The van der Waals surface area contributed by atoms with Crippen molar-refractivity contribution >= 4 is 23.7 Å². The number of rotatable bonds is 5. The van der Waals surface area contributed by atoms with Crippen LogP contribution in [0.1, 0.15) is 29.1 Å². The van der Waals surface area contributed by atoms with Crippen LogP contribution in [0.25, 0.3) is 0 Å². The first-order chi connectivity index (χ1) is 8.28. The number of likely N-dealkylation sites (tertiary alicyclic amines) is 1. The Hall–Kier alpha value is -0.160. The average molecular weight is 290 g/mol. The summed E-state index contributed by atoms with van der Waals surface area (Å²) in [7, 11) is 2.04. The van der Waals surface area contributed by atoms with Crippen molar-refractivity contribution in [3.63, 3.8) is 0 Å². The van der Waals surface area contributed by atoms with E-state index in [0.717, 1.165) is 12.5 Å². The molecule has 1 fully saturated rings. The van der Waals surface area contributed by atoms with E-state index in [-0.39, 0.29) is 12.4 Å². The summed E-state index contributed by atoms with van der Waals surface area (Å²) in [6.45, 7) is 6.86. The third kappa shape index (κ3) is 4.84. The number of piperidine rings is 1. The maximum absolute atomic E-state index is 4.32. The van der Waals surface area contributed by atoms with E-state index >= 15 is 0 Å². The number of aryl methyl sites for hydroxylation is 1. The molecule has 1 aliphatic rings. The lowest BCUT2D eigenvalue weighted by Crippen LogP contribution is -2.33. The van der Waals surface area contributed by atoms with Gasteiger partial charge in [0.2, 0.25) is 0 Å². The van der Waals surface area contributed by atoms with Gasteiger partial charge in [-0.15, -0.1) is 23.7 Å². The van der Waals surface area contributed by atoms with Crippen LogP contribution in [0, 0.1) is 12.8 Å². The maximum Gasteiger partial charge on any atom is 0.0897 e. The fraction of sp³-hybridized carbons (Fsp3) is 0.769. The molecular formula is C13H24ClN3S. The topological polar surface area (TPSA) is 28.2 Å². The van der Waals surface area contributed by atoms with Crippen molar-refractivity contribution in [2.75, 3.05) is 26.7 Å². The normalized spacial score (nSPS) is 17.7. The highest BCUT2D eigenvalue weighted by Gasteiger charge is 2.19. The van der Waals surface area contributed by atoms with Gasteiger partial charge in [-0.25, -0.2) is 4.98 Å². The number of nitrogens with zero attached hydrogens (tertiary/aromatic N) is 2. The summed E-state index contributed by atoms with van der Waals surface area (Å²) in [5.41, 5.74) is 0. The standard InChI is InChI=1S/C13H23N3S.ClH/c1-11-15-9-13(17-11)10-16-7-4-12(5-8-16)3-6-14-2;/h9,12,14H,3-8,10H2,1-2H3;1H. The molecule has 0 radical (unpaired) electrons. The lowest BCUT2D eigenvalue weighted by Gasteiger charge is -2.31. The van der Waals surface area contributed by atoms with Crippen LogP contribution in [0.15, 0.2) is 6.20 Å². The number of aromatic nitrogens is 1. The second kappa shape index (κ2) is 8.10. The van der Waals surface area contributed by atoms with Crippen LogP contribution in [0.5, 0.6) is 0 Å². The molecule has 0 saturated carbocycles. The van der Waals surface area contributed by atoms with Crippen LogP contribution < -0.4 is 5.32 Å². The van der Waals surface area contributed by atoms with Gasteiger partial charge in [-0.2, -0.15) is 0 Å². The van der Waals surface area contributed by atoms with E-state index in [1.54, 1.807) is 0 Å². The molecule has 0 unspecified atom stereocenters. The molecule has 1 aromatic heterocycles. The number of hydrogen-bond donors (Lipinski definition) is 1. The summed E-state index contributed by atoms with van der Waals surface area (Å²) in [5, 5.41) is 4.43. The van der Waals surface area contributed by atoms with E-state index < -0.39 is 0 Å². The van der Waals surface area contributed by atoms with Gasteiger partial charge in [0.15, 0.2) is 0 Å². The molecular weight excluding hydrogens is 266 g/mol. The zero-order chi connectivity index (χ0) is 12.1. The Morgan fingerprint density at radius 3 is 2.72 bits per heavy atom. The zero-order valence-corrected chi connectivity index (χ0v) is 12.9.